The summed E-state index contributed by atoms with van der Waals surface area (Å²) in [5.41, 5.74) is 0. The molecule has 12 nitrogen and oxygen atoms in total. The monoisotopic (exact) mass is 1170 g/mol. The topological polar surface area (TPSA) is 175 Å². The second-order valence-corrected chi connectivity index (χ2v) is 23.1. The lowest BCUT2D eigenvalue weighted by atomic mass is 9.98. The minimum absolute atomic E-state index is 0.0429. The van der Waals surface area contributed by atoms with Crippen LogP contribution in [0.4, 0.5) is 0 Å². The number of esters is 3. The number of hydrogen-bond donors (Lipinski definition) is 3. The van der Waals surface area contributed by atoms with Crippen molar-refractivity contribution in [1.82, 2.24) is 0 Å². The van der Waals surface area contributed by atoms with E-state index in [1.807, 2.05) is 0 Å². The Labute approximate surface area is 506 Å². The predicted octanol–water partition coefficient (Wildman–Crippen LogP) is 18.5. The van der Waals surface area contributed by atoms with E-state index in [1.165, 1.54) is 128 Å². The lowest BCUT2D eigenvalue weighted by Crippen LogP contribution is -2.61. The number of aliphatic hydroxyl groups excluding tert-OH is 2. The number of allylic oxidation sites excluding steroid dienone is 12. The van der Waals surface area contributed by atoms with Gasteiger partial charge in [-0.25, -0.2) is 4.79 Å². The van der Waals surface area contributed by atoms with Gasteiger partial charge in [0.1, 0.15) is 18.8 Å². The van der Waals surface area contributed by atoms with Crippen molar-refractivity contribution in [1.29, 1.82) is 0 Å². The van der Waals surface area contributed by atoms with Gasteiger partial charge in [-0.1, -0.05) is 241 Å². The predicted molar refractivity (Wildman–Crippen MR) is 340 cm³/mol. The van der Waals surface area contributed by atoms with Crippen LogP contribution >= 0.6 is 0 Å². The molecule has 6 atom stereocenters. The van der Waals surface area contributed by atoms with Gasteiger partial charge >= 0.3 is 23.9 Å². The molecule has 478 valence electrons. The standard InChI is InChI=1S/C71H122O12/c1-4-7-10-13-16-19-22-25-28-30-32-34-37-39-42-45-48-51-54-57-63(72)79-60-62(81-64(73)58-55-52-49-46-43-41-38-35-33-31-29-26-23-20-17-14-11-8-5-2)61-80-71-69(67(76)66(75)68(83-71)70(77)78)82-65(74)59-56-53-50-47-44-40-36-27-24-21-18-15-12-9-6-3/h16-21,25-29,36,62,66-69,71,75-76H,4-15,22-24,30-35,37-61H2,1-3H3,(H,77,78)/b19-16-,20-17-,21-18-,28-25-,29-26-,36-27-. The molecule has 0 amide bonds. The van der Waals surface area contributed by atoms with Crippen molar-refractivity contribution < 1.29 is 58.2 Å². The number of carbonyl (C=O) groups is 4. The maximum atomic E-state index is 13.2. The molecule has 6 unspecified atom stereocenters. The second kappa shape index (κ2) is 58.5. The van der Waals surface area contributed by atoms with Gasteiger partial charge in [-0.15, -0.1) is 0 Å². The lowest BCUT2D eigenvalue weighted by molar-refractivity contribution is -0.301. The average molecular weight is 1170 g/mol. The van der Waals surface area contributed by atoms with Gasteiger partial charge in [0.25, 0.3) is 0 Å². The molecule has 1 aliphatic rings. The van der Waals surface area contributed by atoms with Gasteiger partial charge in [-0.2, -0.15) is 0 Å². The highest BCUT2D eigenvalue weighted by Crippen LogP contribution is 2.27. The highest BCUT2D eigenvalue weighted by molar-refractivity contribution is 5.74. The molecule has 0 spiro atoms. The van der Waals surface area contributed by atoms with E-state index in [2.05, 4.69) is 93.7 Å². The van der Waals surface area contributed by atoms with Crippen LogP contribution in [0, 0.1) is 0 Å². The van der Waals surface area contributed by atoms with Crippen molar-refractivity contribution in [2.75, 3.05) is 13.2 Å². The molecule has 12 heteroatoms. The third-order valence-corrected chi connectivity index (χ3v) is 15.2. The van der Waals surface area contributed by atoms with Crippen LogP contribution in [0.3, 0.4) is 0 Å². The zero-order chi connectivity index (χ0) is 60.3. The van der Waals surface area contributed by atoms with Crippen LogP contribution in [0.5, 0.6) is 0 Å². The third-order valence-electron chi connectivity index (χ3n) is 15.2. The summed E-state index contributed by atoms with van der Waals surface area (Å²) in [6.07, 6.45) is 62.8. The van der Waals surface area contributed by atoms with Crippen molar-refractivity contribution in [3.8, 4) is 0 Å². The first-order valence-corrected chi connectivity index (χ1v) is 33.9. The first kappa shape index (κ1) is 77.2. The Balaban J connectivity index is 2.65. The molecular weight excluding hydrogens is 1040 g/mol. The molecule has 0 saturated carbocycles. The smallest absolute Gasteiger partial charge is 0.335 e. The Hall–Kier alpha value is -3.84. The van der Waals surface area contributed by atoms with Gasteiger partial charge in [0.2, 0.25) is 0 Å². The fourth-order valence-corrected chi connectivity index (χ4v) is 9.99. The van der Waals surface area contributed by atoms with Gasteiger partial charge in [-0.3, -0.25) is 14.4 Å². The van der Waals surface area contributed by atoms with Crippen molar-refractivity contribution in [2.45, 2.75) is 340 Å². The van der Waals surface area contributed by atoms with Crippen molar-refractivity contribution in [3.63, 3.8) is 0 Å². The molecule has 0 aromatic rings. The molecule has 0 aromatic heterocycles. The number of carboxylic acid groups (broad SMARTS) is 1. The molecule has 83 heavy (non-hydrogen) atoms. The second-order valence-electron chi connectivity index (χ2n) is 23.1. The summed E-state index contributed by atoms with van der Waals surface area (Å²) in [6, 6.07) is 0. The Morgan fingerprint density at radius 1 is 0.398 bits per heavy atom. The van der Waals surface area contributed by atoms with E-state index in [9.17, 15) is 34.5 Å². The molecule has 0 bridgehead atoms. The first-order chi connectivity index (χ1) is 40.6. The SMILES string of the molecule is CCCCC/C=C\C/C=C\CCCCCCCCCCCC(=O)OCC(COC1OC(C(=O)O)C(O)C(O)C1OC(=O)CCCCCCC/C=C\C/C=C\CCCCC)OC(=O)CCCCCCCCCCC/C=C\C/C=C\CCCCC. The zero-order valence-corrected chi connectivity index (χ0v) is 52.9. The number of hydrogen-bond acceptors (Lipinski definition) is 11. The lowest BCUT2D eigenvalue weighted by Gasteiger charge is -2.40. The number of aliphatic carboxylic acids is 1. The molecule has 1 fully saturated rings. The molecule has 1 rings (SSSR count). The van der Waals surface area contributed by atoms with E-state index in [0.717, 1.165) is 116 Å². The summed E-state index contributed by atoms with van der Waals surface area (Å²) in [6.45, 7) is 5.94. The van der Waals surface area contributed by atoms with Gasteiger partial charge in [0.05, 0.1) is 6.61 Å². The van der Waals surface area contributed by atoms with Crippen LogP contribution in [-0.4, -0.2) is 89.2 Å². The minimum atomic E-state index is -1.91. The molecule has 0 aliphatic carbocycles. The highest BCUT2D eigenvalue weighted by atomic mass is 16.7. The van der Waals surface area contributed by atoms with E-state index in [1.54, 1.807) is 0 Å². The fraction of sp³-hybridized carbons (Fsp3) is 0.775. The quantitative estimate of drug-likeness (QED) is 0.0228. The first-order valence-electron chi connectivity index (χ1n) is 33.9. The third kappa shape index (κ3) is 48.0. The number of unbranched alkanes of at least 4 members (excludes halogenated alkanes) is 32. The van der Waals surface area contributed by atoms with Crippen molar-refractivity contribution in [3.05, 3.63) is 72.9 Å². The van der Waals surface area contributed by atoms with Crippen LogP contribution < -0.4 is 0 Å². The van der Waals surface area contributed by atoms with Crippen LogP contribution in [0.25, 0.3) is 0 Å². The summed E-state index contributed by atoms with van der Waals surface area (Å²) >= 11 is 0. The number of aliphatic hydroxyl groups is 2. The van der Waals surface area contributed by atoms with E-state index < -0.39 is 67.3 Å². The van der Waals surface area contributed by atoms with Crippen molar-refractivity contribution in [2.24, 2.45) is 0 Å². The highest BCUT2D eigenvalue weighted by Gasteiger charge is 2.50. The molecular formula is C71H122O12. The van der Waals surface area contributed by atoms with Crippen LogP contribution in [-0.2, 0) is 42.9 Å². The number of rotatable bonds is 58. The maximum Gasteiger partial charge on any atom is 0.335 e. The van der Waals surface area contributed by atoms with Gasteiger partial charge < -0.3 is 39.0 Å². The van der Waals surface area contributed by atoms with E-state index in [-0.39, 0.29) is 25.9 Å². The Morgan fingerprint density at radius 2 is 0.723 bits per heavy atom. The molecule has 1 aliphatic heterocycles. The molecule has 1 heterocycles. The number of ether oxygens (including phenoxy) is 5. The van der Waals surface area contributed by atoms with Crippen LogP contribution in [0.1, 0.15) is 303 Å². The number of carbonyl (C=O) groups excluding carboxylic acids is 3. The van der Waals surface area contributed by atoms with Crippen LogP contribution in [0.15, 0.2) is 72.9 Å². The number of carboxylic acids is 1. The largest absolute Gasteiger partial charge is 0.479 e. The summed E-state index contributed by atoms with van der Waals surface area (Å²) in [7, 11) is 0. The summed E-state index contributed by atoms with van der Waals surface area (Å²) in [5.74, 6) is -3.13. The van der Waals surface area contributed by atoms with Crippen LogP contribution in [0.2, 0.25) is 0 Å². The molecule has 0 radical (unpaired) electrons. The maximum absolute atomic E-state index is 13.2. The van der Waals surface area contributed by atoms with Gasteiger partial charge in [0.15, 0.2) is 24.6 Å². The Kier molecular flexibility index (Phi) is 54.4. The van der Waals surface area contributed by atoms with Crippen molar-refractivity contribution >= 4 is 23.9 Å². The van der Waals surface area contributed by atoms with E-state index >= 15 is 0 Å². The average Bonchev–Trinajstić information content (AvgIpc) is 3.58. The van der Waals surface area contributed by atoms with E-state index in [4.69, 9.17) is 23.7 Å². The Morgan fingerprint density at radius 3 is 1.08 bits per heavy atom. The summed E-state index contributed by atoms with van der Waals surface area (Å²) in [4.78, 5) is 51.4. The zero-order valence-electron chi connectivity index (χ0n) is 52.9. The molecule has 3 N–H and O–H groups in total. The minimum Gasteiger partial charge on any atom is -0.479 e. The Bertz CT molecular complexity index is 1720. The summed E-state index contributed by atoms with van der Waals surface area (Å²) < 4.78 is 28.6. The van der Waals surface area contributed by atoms with E-state index in [0.29, 0.717) is 19.3 Å². The molecule has 0 aromatic carbocycles. The fourth-order valence-electron chi connectivity index (χ4n) is 9.99. The molecule has 1 saturated heterocycles. The van der Waals surface area contributed by atoms with Gasteiger partial charge in [0, 0.05) is 19.3 Å². The summed E-state index contributed by atoms with van der Waals surface area (Å²) in [5, 5.41) is 31.6. The van der Waals surface area contributed by atoms with Gasteiger partial charge in [-0.05, 0) is 116 Å². The normalized spacial score (nSPS) is 18.0.